The van der Waals surface area contributed by atoms with Crippen LogP contribution in [0, 0.1) is 0 Å². The number of para-hydroxylation sites is 2. The summed E-state index contributed by atoms with van der Waals surface area (Å²) >= 11 is 1.99. The van der Waals surface area contributed by atoms with Gasteiger partial charge >= 0.3 is 0 Å². The molecule has 1 aliphatic carbocycles. The molecule has 1 fully saturated rings. The van der Waals surface area contributed by atoms with E-state index in [0.717, 1.165) is 24.4 Å². The van der Waals surface area contributed by atoms with E-state index < -0.39 is 0 Å². The van der Waals surface area contributed by atoms with Gasteiger partial charge in [-0.15, -0.1) is 0 Å². The highest BCUT2D eigenvalue weighted by molar-refractivity contribution is 8.02. The Morgan fingerprint density at radius 1 is 0.960 bits per heavy atom. The SMILES string of the molecule is CCC/C(=N\c1ccccc1)N(SC1CCCCC1)c1ccccc1. The van der Waals surface area contributed by atoms with Crippen LogP contribution < -0.4 is 4.31 Å². The molecule has 1 aliphatic rings. The molecule has 1 saturated carbocycles. The van der Waals surface area contributed by atoms with Crippen molar-refractivity contribution < 1.29 is 0 Å². The smallest absolute Gasteiger partial charge is 0.119 e. The van der Waals surface area contributed by atoms with E-state index in [1.807, 2.05) is 18.0 Å². The number of benzene rings is 2. The second kappa shape index (κ2) is 9.67. The summed E-state index contributed by atoms with van der Waals surface area (Å²) < 4.78 is 2.40. The number of hydrogen-bond acceptors (Lipinski definition) is 2. The fourth-order valence-electron chi connectivity index (χ4n) is 3.23. The number of aliphatic imine (C=N–C) groups is 1. The molecule has 3 rings (SSSR count). The Balaban J connectivity index is 1.90. The molecule has 0 radical (unpaired) electrons. The zero-order valence-corrected chi connectivity index (χ0v) is 15.9. The second-order valence-corrected chi connectivity index (χ2v) is 7.85. The van der Waals surface area contributed by atoms with Gasteiger partial charge in [0.15, 0.2) is 0 Å². The molecule has 132 valence electrons. The van der Waals surface area contributed by atoms with Crippen molar-refractivity contribution in [2.24, 2.45) is 4.99 Å². The molecule has 0 spiro atoms. The van der Waals surface area contributed by atoms with Gasteiger partial charge in [-0.2, -0.15) is 0 Å². The highest BCUT2D eigenvalue weighted by Gasteiger charge is 2.22. The lowest BCUT2D eigenvalue weighted by Gasteiger charge is -2.31. The first-order valence-electron chi connectivity index (χ1n) is 9.51. The maximum Gasteiger partial charge on any atom is 0.119 e. The highest BCUT2D eigenvalue weighted by Crippen LogP contribution is 2.35. The average molecular weight is 353 g/mol. The van der Waals surface area contributed by atoms with Gasteiger partial charge in [0.2, 0.25) is 0 Å². The Labute approximate surface area is 156 Å². The summed E-state index contributed by atoms with van der Waals surface area (Å²) in [5.74, 6) is 1.16. The zero-order chi connectivity index (χ0) is 17.3. The first-order valence-corrected chi connectivity index (χ1v) is 10.3. The van der Waals surface area contributed by atoms with Gasteiger partial charge < -0.3 is 0 Å². The lowest BCUT2D eigenvalue weighted by Crippen LogP contribution is -2.27. The standard InChI is InChI=1S/C22H28N2S/c1-2-12-22(23-19-13-6-3-7-14-19)24(20-15-8-4-9-16-20)25-21-17-10-5-11-18-21/h3-4,6-9,13-16,21H,2,5,10-12,17-18H2,1H3/b23-22+. The van der Waals surface area contributed by atoms with Crippen LogP contribution in [0.2, 0.25) is 0 Å². The van der Waals surface area contributed by atoms with Crippen molar-refractivity contribution in [3.05, 3.63) is 60.7 Å². The molecular weight excluding hydrogens is 324 g/mol. The quantitative estimate of drug-likeness (QED) is 0.316. The minimum Gasteiger partial charge on any atom is -0.271 e. The number of rotatable bonds is 6. The first-order chi connectivity index (χ1) is 12.4. The molecule has 2 aromatic carbocycles. The molecule has 0 heterocycles. The molecule has 3 heteroatoms. The maximum absolute atomic E-state index is 5.01. The molecule has 0 N–H and O–H groups in total. The summed E-state index contributed by atoms with van der Waals surface area (Å²) in [6, 6.07) is 21.1. The van der Waals surface area contributed by atoms with Crippen LogP contribution in [-0.2, 0) is 0 Å². The Hall–Kier alpha value is -1.74. The largest absolute Gasteiger partial charge is 0.271 e. The van der Waals surface area contributed by atoms with E-state index in [4.69, 9.17) is 4.99 Å². The zero-order valence-electron chi connectivity index (χ0n) is 15.1. The van der Waals surface area contributed by atoms with Gasteiger partial charge in [0.05, 0.1) is 11.4 Å². The fourth-order valence-corrected chi connectivity index (χ4v) is 4.57. The number of anilines is 1. The maximum atomic E-state index is 5.01. The third-order valence-electron chi connectivity index (χ3n) is 4.52. The summed E-state index contributed by atoms with van der Waals surface area (Å²) in [6.07, 6.45) is 8.84. The van der Waals surface area contributed by atoms with Gasteiger partial charge in [-0.3, -0.25) is 4.31 Å². The molecule has 0 aromatic heterocycles. The van der Waals surface area contributed by atoms with E-state index in [0.29, 0.717) is 5.25 Å². The van der Waals surface area contributed by atoms with Crippen molar-refractivity contribution >= 4 is 29.2 Å². The third kappa shape index (κ3) is 5.37. The van der Waals surface area contributed by atoms with Crippen molar-refractivity contribution in [2.45, 2.75) is 57.1 Å². The molecule has 0 bridgehead atoms. The van der Waals surface area contributed by atoms with Crippen LogP contribution in [0.1, 0.15) is 51.9 Å². The lowest BCUT2D eigenvalue weighted by atomic mass is 10.0. The molecule has 2 nitrogen and oxygen atoms in total. The molecule has 0 aliphatic heterocycles. The average Bonchev–Trinajstić information content (AvgIpc) is 2.68. The molecular formula is C22H28N2S. The van der Waals surface area contributed by atoms with Gasteiger partial charge in [-0.05, 0) is 55.5 Å². The van der Waals surface area contributed by atoms with Gasteiger partial charge in [0.25, 0.3) is 0 Å². The van der Waals surface area contributed by atoms with Crippen molar-refractivity contribution in [1.29, 1.82) is 0 Å². The van der Waals surface area contributed by atoms with E-state index in [2.05, 4.69) is 65.8 Å². The summed E-state index contributed by atoms with van der Waals surface area (Å²) in [5, 5.41) is 0.701. The van der Waals surface area contributed by atoms with Crippen molar-refractivity contribution in [1.82, 2.24) is 0 Å². The molecule has 2 aromatic rings. The van der Waals surface area contributed by atoms with E-state index in [-0.39, 0.29) is 0 Å². The van der Waals surface area contributed by atoms with Gasteiger partial charge in [-0.1, -0.05) is 62.6 Å². The predicted molar refractivity (Wildman–Crippen MR) is 112 cm³/mol. The third-order valence-corrected chi connectivity index (χ3v) is 5.92. The number of amidine groups is 1. The second-order valence-electron chi connectivity index (χ2n) is 6.61. The van der Waals surface area contributed by atoms with Gasteiger partial charge in [-0.25, -0.2) is 4.99 Å². The predicted octanol–water partition coefficient (Wildman–Crippen LogP) is 7.00. The van der Waals surface area contributed by atoms with Crippen molar-refractivity contribution in [3.63, 3.8) is 0 Å². The summed E-state index contributed by atoms with van der Waals surface area (Å²) in [6.45, 7) is 2.23. The highest BCUT2D eigenvalue weighted by atomic mass is 32.2. The van der Waals surface area contributed by atoms with E-state index in [1.54, 1.807) is 0 Å². The molecule has 0 unspecified atom stereocenters. The van der Waals surface area contributed by atoms with Crippen molar-refractivity contribution in [3.8, 4) is 0 Å². The van der Waals surface area contributed by atoms with Crippen LogP contribution in [0.3, 0.4) is 0 Å². The van der Waals surface area contributed by atoms with E-state index in [9.17, 15) is 0 Å². The molecule has 0 amide bonds. The first kappa shape index (κ1) is 18.1. The van der Waals surface area contributed by atoms with Crippen LogP contribution in [0.25, 0.3) is 0 Å². The van der Waals surface area contributed by atoms with Gasteiger partial charge in [0, 0.05) is 11.7 Å². The number of hydrogen-bond donors (Lipinski definition) is 0. The Morgan fingerprint density at radius 3 is 2.24 bits per heavy atom. The topological polar surface area (TPSA) is 15.6 Å². The summed E-state index contributed by atoms with van der Waals surface area (Å²) in [7, 11) is 0. The van der Waals surface area contributed by atoms with Crippen LogP contribution >= 0.6 is 11.9 Å². The summed E-state index contributed by atoms with van der Waals surface area (Å²) in [5.41, 5.74) is 2.28. The molecule has 0 saturated heterocycles. The Kier molecular flexibility index (Phi) is 6.99. The van der Waals surface area contributed by atoms with Crippen molar-refractivity contribution in [2.75, 3.05) is 4.31 Å². The normalized spacial score (nSPS) is 16.0. The fraction of sp³-hybridized carbons (Fsp3) is 0.409. The summed E-state index contributed by atoms with van der Waals surface area (Å²) in [4.78, 5) is 5.01. The van der Waals surface area contributed by atoms with Gasteiger partial charge in [0.1, 0.15) is 5.84 Å². The monoisotopic (exact) mass is 352 g/mol. The minimum absolute atomic E-state index is 0.701. The number of nitrogens with zero attached hydrogens (tertiary/aromatic N) is 2. The van der Waals surface area contributed by atoms with Crippen LogP contribution in [0.15, 0.2) is 65.7 Å². The minimum atomic E-state index is 0.701. The lowest BCUT2D eigenvalue weighted by molar-refractivity contribution is 0.516. The van der Waals surface area contributed by atoms with Crippen LogP contribution in [0.4, 0.5) is 11.4 Å². The Morgan fingerprint density at radius 2 is 1.60 bits per heavy atom. The Bertz CT molecular complexity index is 648. The van der Waals surface area contributed by atoms with E-state index >= 15 is 0 Å². The van der Waals surface area contributed by atoms with Crippen LogP contribution in [0.5, 0.6) is 0 Å². The molecule has 0 atom stereocenters. The van der Waals surface area contributed by atoms with E-state index in [1.165, 1.54) is 37.8 Å². The van der Waals surface area contributed by atoms with Crippen LogP contribution in [-0.4, -0.2) is 11.1 Å². The molecule has 25 heavy (non-hydrogen) atoms.